The van der Waals surface area contributed by atoms with Gasteiger partial charge in [-0.2, -0.15) is 0 Å². The maximum Gasteiger partial charge on any atom is 0.306 e. The van der Waals surface area contributed by atoms with E-state index in [0.29, 0.717) is 0 Å². The average Bonchev–Trinajstić information content (AvgIpc) is 3.07. The fraction of sp³-hybridized carbons (Fsp3) is 0.786. The lowest BCUT2D eigenvalue weighted by Crippen LogP contribution is -2.45. The number of nitrogens with one attached hydrogen (secondary N) is 2. The highest BCUT2D eigenvalue weighted by Gasteiger charge is 2.26. The summed E-state index contributed by atoms with van der Waals surface area (Å²) in [7, 11) is 0. The standard InChI is InChI=1S/C14H24N2O4/c1-9(13(19)16-10-5-6-10)15-11(17)7-8-12(18)20-14(2,3)4/h9-10H,5-8H2,1-4H3,(H,15,17)(H,16,19). The van der Waals surface area contributed by atoms with Crippen LogP contribution in [0, 0.1) is 0 Å². The third kappa shape index (κ3) is 7.11. The molecule has 114 valence electrons. The fourth-order valence-electron chi connectivity index (χ4n) is 1.54. The molecule has 0 radical (unpaired) electrons. The third-order valence-corrected chi connectivity index (χ3v) is 2.67. The molecule has 1 unspecified atom stereocenters. The van der Waals surface area contributed by atoms with E-state index < -0.39 is 17.6 Å². The zero-order chi connectivity index (χ0) is 15.3. The second kappa shape index (κ2) is 6.72. The largest absolute Gasteiger partial charge is 0.460 e. The Labute approximate surface area is 119 Å². The Bertz CT molecular complexity index is 383. The van der Waals surface area contributed by atoms with Gasteiger partial charge in [0.1, 0.15) is 11.6 Å². The first-order chi connectivity index (χ1) is 9.17. The molecule has 0 aromatic heterocycles. The van der Waals surface area contributed by atoms with E-state index in [1.165, 1.54) is 0 Å². The summed E-state index contributed by atoms with van der Waals surface area (Å²) >= 11 is 0. The molecule has 0 saturated heterocycles. The zero-order valence-corrected chi connectivity index (χ0v) is 12.6. The van der Waals surface area contributed by atoms with E-state index in [-0.39, 0.29) is 30.7 Å². The molecule has 6 nitrogen and oxygen atoms in total. The number of rotatable bonds is 6. The van der Waals surface area contributed by atoms with Gasteiger partial charge in [0.05, 0.1) is 6.42 Å². The SMILES string of the molecule is CC(NC(=O)CCC(=O)OC(C)(C)C)C(=O)NC1CC1. The van der Waals surface area contributed by atoms with E-state index in [4.69, 9.17) is 4.74 Å². The third-order valence-electron chi connectivity index (χ3n) is 2.67. The Morgan fingerprint density at radius 2 is 1.80 bits per heavy atom. The number of esters is 1. The van der Waals surface area contributed by atoms with E-state index in [1.54, 1.807) is 27.7 Å². The van der Waals surface area contributed by atoms with Crippen LogP contribution >= 0.6 is 0 Å². The summed E-state index contributed by atoms with van der Waals surface area (Å²) in [5, 5.41) is 5.38. The van der Waals surface area contributed by atoms with Gasteiger partial charge in [0.15, 0.2) is 0 Å². The van der Waals surface area contributed by atoms with Crippen LogP contribution in [0.1, 0.15) is 53.4 Å². The van der Waals surface area contributed by atoms with Crippen molar-refractivity contribution in [2.24, 2.45) is 0 Å². The molecule has 1 aliphatic rings. The highest BCUT2D eigenvalue weighted by atomic mass is 16.6. The van der Waals surface area contributed by atoms with E-state index in [9.17, 15) is 14.4 Å². The van der Waals surface area contributed by atoms with Crippen LogP contribution < -0.4 is 10.6 Å². The van der Waals surface area contributed by atoms with Gasteiger partial charge >= 0.3 is 5.97 Å². The van der Waals surface area contributed by atoms with Crippen LogP contribution in [0.4, 0.5) is 0 Å². The molecule has 0 bridgehead atoms. The first-order valence-electron chi connectivity index (χ1n) is 6.99. The quantitative estimate of drug-likeness (QED) is 0.709. The van der Waals surface area contributed by atoms with Gasteiger partial charge in [-0.3, -0.25) is 14.4 Å². The molecule has 2 amide bonds. The van der Waals surface area contributed by atoms with Gasteiger partial charge in [-0.15, -0.1) is 0 Å². The summed E-state index contributed by atoms with van der Waals surface area (Å²) in [6.45, 7) is 6.95. The van der Waals surface area contributed by atoms with Crippen molar-refractivity contribution in [3.05, 3.63) is 0 Å². The van der Waals surface area contributed by atoms with Gasteiger partial charge in [-0.1, -0.05) is 0 Å². The second-order valence-electron chi connectivity index (χ2n) is 6.16. The number of hydrogen-bond acceptors (Lipinski definition) is 4. The van der Waals surface area contributed by atoms with Crippen LogP contribution in [0.3, 0.4) is 0 Å². The van der Waals surface area contributed by atoms with E-state index in [1.807, 2.05) is 0 Å². The molecule has 0 aromatic carbocycles. The topological polar surface area (TPSA) is 84.5 Å². The lowest BCUT2D eigenvalue weighted by molar-refractivity contribution is -0.155. The van der Waals surface area contributed by atoms with Crippen LogP contribution in [-0.2, 0) is 19.1 Å². The van der Waals surface area contributed by atoms with Crippen LogP contribution in [0.5, 0.6) is 0 Å². The predicted octanol–water partition coefficient (Wildman–Crippen LogP) is 0.892. The van der Waals surface area contributed by atoms with Crippen LogP contribution in [0.25, 0.3) is 0 Å². The molecular weight excluding hydrogens is 260 g/mol. The Kier molecular flexibility index (Phi) is 5.53. The summed E-state index contributed by atoms with van der Waals surface area (Å²) in [6.07, 6.45) is 2.05. The van der Waals surface area contributed by atoms with Gasteiger partial charge in [-0.05, 0) is 40.5 Å². The summed E-state index contributed by atoms with van der Waals surface area (Å²) in [4.78, 5) is 34.7. The van der Waals surface area contributed by atoms with Crippen LogP contribution in [0.2, 0.25) is 0 Å². The minimum absolute atomic E-state index is 0.0140. The molecule has 1 fully saturated rings. The first kappa shape index (κ1) is 16.5. The Morgan fingerprint density at radius 1 is 1.20 bits per heavy atom. The fourth-order valence-corrected chi connectivity index (χ4v) is 1.54. The molecule has 20 heavy (non-hydrogen) atoms. The molecule has 1 saturated carbocycles. The van der Waals surface area contributed by atoms with Gasteiger partial charge < -0.3 is 15.4 Å². The van der Waals surface area contributed by atoms with Crippen molar-refractivity contribution in [2.45, 2.75) is 71.1 Å². The minimum atomic E-state index is -0.582. The summed E-state index contributed by atoms with van der Waals surface area (Å²) < 4.78 is 5.10. The maximum atomic E-state index is 11.6. The molecule has 1 aliphatic carbocycles. The molecule has 2 N–H and O–H groups in total. The summed E-state index contributed by atoms with van der Waals surface area (Å²) in [5.41, 5.74) is -0.551. The molecule has 1 rings (SSSR count). The van der Waals surface area contributed by atoms with E-state index in [0.717, 1.165) is 12.8 Å². The maximum absolute atomic E-state index is 11.6. The van der Waals surface area contributed by atoms with Crippen LogP contribution in [-0.4, -0.2) is 35.5 Å². The van der Waals surface area contributed by atoms with Crippen molar-refractivity contribution < 1.29 is 19.1 Å². The molecule has 1 atom stereocenters. The number of carbonyl (C=O) groups is 3. The van der Waals surface area contributed by atoms with Crippen LogP contribution in [0.15, 0.2) is 0 Å². The van der Waals surface area contributed by atoms with Gasteiger partial charge in [-0.25, -0.2) is 0 Å². The van der Waals surface area contributed by atoms with Crippen molar-refractivity contribution in [3.8, 4) is 0 Å². The monoisotopic (exact) mass is 284 g/mol. The molecular formula is C14H24N2O4. The lowest BCUT2D eigenvalue weighted by Gasteiger charge is -2.19. The van der Waals surface area contributed by atoms with Gasteiger partial charge in [0.2, 0.25) is 11.8 Å². The van der Waals surface area contributed by atoms with Crippen molar-refractivity contribution in [3.63, 3.8) is 0 Å². The molecule has 0 heterocycles. The normalized spacial score (nSPS) is 16.2. The molecule has 0 aliphatic heterocycles. The number of ether oxygens (including phenoxy) is 1. The van der Waals surface area contributed by atoms with Gasteiger partial charge in [0.25, 0.3) is 0 Å². The van der Waals surface area contributed by atoms with Crippen molar-refractivity contribution in [2.75, 3.05) is 0 Å². The number of hydrogen-bond donors (Lipinski definition) is 2. The highest BCUT2D eigenvalue weighted by Crippen LogP contribution is 2.18. The predicted molar refractivity (Wildman–Crippen MR) is 73.8 cm³/mol. The molecule has 6 heteroatoms. The first-order valence-corrected chi connectivity index (χ1v) is 6.99. The van der Waals surface area contributed by atoms with E-state index >= 15 is 0 Å². The van der Waals surface area contributed by atoms with E-state index in [2.05, 4.69) is 10.6 Å². The molecule has 0 aromatic rings. The Balaban J connectivity index is 2.21. The smallest absolute Gasteiger partial charge is 0.306 e. The summed E-state index contributed by atoms with van der Waals surface area (Å²) in [6, 6.07) is -0.314. The summed E-state index contributed by atoms with van der Waals surface area (Å²) in [5.74, 6) is -0.921. The molecule has 0 spiro atoms. The van der Waals surface area contributed by atoms with Gasteiger partial charge in [0, 0.05) is 12.5 Å². The zero-order valence-electron chi connectivity index (χ0n) is 12.6. The highest BCUT2D eigenvalue weighted by molar-refractivity contribution is 5.88. The van der Waals surface area contributed by atoms with Crippen molar-refractivity contribution in [1.29, 1.82) is 0 Å². The van der Waals surface area contributed by atoms with Crippen molar-refractivity contribution in [1.82, 2.24) is 10.6 Å². The Hall–Kier alpha value is -1.59. The number of carbonyl (C=O) groups excluding carboxylic acids is 3. The van der Waals surface area contributed by atoms with Crippen molar-refractivity contribution >= 4 is 17.8 Å². The lowest BCUT2D eigenvalue weighted by atomic mass is 10.2. The minimum Gasteiger partial charge on any atom is -0.460 e. The Morgan fingerprint density at radius 3 is 2.30 bits per heavy atom. The second-order valence-corrected chi connectivity index (χ2v) is 6.16. The average molecular weight is 284 g/mol. The number of amides is 2.